The molecule has 4 rings (SSSR count). The Morgan fingerprint density at radius 2 is 1.60 bits per heavy atom. The van der Waals surface area contributed by atoms with Gasteiger partial charge in [-0.3, -0.25) is 14.9 Å². The maximum Gasteiger partial charge on any atom is 0.278 e. The number of hydrogen-bond acceptors (Lipinski definition) is 5. The highest BCUT2D eigenvalue weighted by molar-refractivity contribution is 5.98. The smallest absolute Gasteiger partial charge is 0.278 e. The van der Waals surface area contributed by atoms with Crippen molar-refractivity contribution in [3.05, 3.63) is 99.6 Å². The lowest BCUT2D eigenvalue weighted by atomic mass is 9.91. The number of benzene rings is 3. The van der Waals surface area contributed by atoms with Crippen LogP contribution in [-0.4, -0.2) is 25.7 Å². The fourth-order valence-electron chi connectivity index (χ4n) is 3.97. The Morgan fingerprint density at radius 3 is 2.17 bits per heavy atom. The average Bonchev–Trinajstić information content (AvgIpc) is 3.29. The molecule has 0 saturated carbocycles. The Hall–Kier alpha value is -4.26. The molecule has 0 aliphatic heterocycles. The van der Waals surface area contributed by atoms with Crippen molar-refractivity contribution in [1.82, 2.24) is 9.78 Å². The first kappa shape index (κ1) is 23.9. The van der Waals surface area contributed by atoms with Crippen LogP contribution in [0, 0.1) is 10.1 Å². The molecule has 35 heavy (non-hydrogen) atoms. The van der Waals surface area contributed by atoms with Crippen molar-refractivity contribution in [2.45, 2.75) is 39.5 Å². The number of nitro groups is 1. The van der Waals surface area contributed by atoms with Gasteiger partial charge in [-0.15, -0.1) is 0 Å². The quantitative estimate of drug-likeness (QED) is 0.248. The molecule has 178 valence electrons. The molecule has 0 saturated heterocycles. The number of aromatic nitrogens is 2. The van der Waals surface area contributed by atoms with E-state index in [1.807, 2.05) is 32.0 Å². The normalized spacial score (nSPS) is 11.3. The van der Waals surface area contributed by atoms with Gasteiger partial charge in [0.1, 0.15) is 5.75 Å². The van der Waals surface area contributed by atoms with Crippen molar-refractivity contribution < 1.29 is 14.8 Å². The first-order valence-electron chi connectivity index (χ1n) is 11.5. The SMILES string of the molecule is CC(C)c1cc(-c2cc(-c3ccc([N+](=O)[O-])cc3)nn2C(=O)c2ccccc2)c(O)c(C(C)C)c1. The fourth-order valence-corrected chi connectivity index (χ4v) is 3.97. The number of phenols is 1. The van der Waals surface area contributed by atoms with Gasteiger partial charge < -0.3 is 5.11 Å². The highest BCUT2D eigenvalue weighted by atomic mass is 16.6. The third-order valence-electron chi connectivity index (χ3n) is 6.02. The standard InChI is InChI=1S/C28H27N3O4/c1-17(2)21-14-23(18(3)4)27(32)24(15-21)26-16-25(19-10-12-22(13-11-19)31(34)35)29-30(26)28(33)20-8-6-5-7-9-20/h5-18,32H,1-4H3. The van der Waals surface area contributed by atoms with E-state index in [9.17, 15) is 20.0 Å². The van der Waals surface area contributed by atoms with E-state index in [1.54, 1.807) is 42.5 Å². The minimum Gasteiger partial charge on any atom is -0.507 e. The van der Waals surface area contributed by atoms with Gasteiger partial charge in [-0.1, -0.05) is 52.0 Å². The van der Waals surface area contributed by atoms with Gasteiger partial charge in [-0.05, 0) is 59.4 Å². The molecule has 0 aliphatic rings. The number of carbonyl (C=O) groups excluding carboxylic acids is 1. The summed E-state index contributed by atoms with van der Waals surface area (Å²) in [5, 5.41) is 26.9. The number of phenolic OH excluding ortho intramolecular Hbond substituents is 1. The van der Waals surface area contributed by atoms with Crippen molar-refractivity contribution in [2.75, 3.05) is 0 Å². The zero-order valence-corrected chi connectivity index (χ0v) is 20.1. The number of nitro benzene ring substituents is 1. The summed E-state index contributed by atoms with van der Waals surface area (Å²) in [4.78, 5) is 24.1. The summed E-state index contributed by atoms with van der Waals surface area (Å²) in [6.45, 7) is 8.18. The van der Waals surface area contributed by atoms with Gasteiger partial charge >= 0.3 is 0 Å². The Morgan fingerprint density at radius 1 is 0.943 bits per heavy atom. The van der Waals surface area contributed by atoms with E-state index in [0.29, 0.717) is 28.1 Å². The summed E-state index contributed by atoms with van der Waals surface area (Å²) in [6, 6.07) is 20.5. The molecule has 7 heteroatoms. The summed E-state index contributed by atoms with van der Waals surface area (Å²) >= 11 is 0. The fraction of sp³-hybridized carbons (Fsp3) is 0.214. The first-order chi connectivity index (χ1) is 16.7. The van der Waals surface area contributed by atoms with Gasteiger partial charge in [0.2, 0.25) is 0 Å². The molecule has 0 amide bonds. The molecular formula is C28H27N3O4. The molecule has 7 nitrogen and oxygen atoms in total. The number of non-ortho nitro benzene ring substituents is 1. The van der Waals surface area contributed by atoms with Gasteiger partial charge in [-0.2, -0.15) is 9.78 Å². The highest BCUT2D eigenvalue weighted by Crippen LogP contribution is 2.40. The number of rotatable bonds is 6. The predicted octanol–water partition coefficient (Wildman–Crippen LogP) is 6.77. The predicted molar refractivity (Wildman–Crippen MR) is 136 cm³/mol. The molecule has 0 radical (unpaired) electrons. The number of hydrogen-bond donors (Lipinski definition) is 1. The van der Waals surface area contributed by atoms with Crippen molar-refractivity contribution in [3.8, 4) is 28.3 Å². The van der Waals surface area contributed by atoms with Crippen LogP contribution in [0.25, 0.3) is 22.5 Å². The first-order valence-corrected chi connectivity index (χ1v) is 11.5. The molecule has 0 bridgehead atoms. The van der Waals surface area contributed by atoms with Gasteiger partial charge in [0.05, 0.1) is 16.3 Å². The van der Waals surface area contributed by atoms with Crippen molar-refractivity contribution in [3.63, 3.8) is 0 Å². The van der Waals surface area contributed by atoms with Crippen LogP contribution in [0.15, 0.2) is 72.8 Å². The zero-order valence-electron chi connectivity index (χ0n) is 20.1. The molecule has 0 fully saturated rings. The average molecular weight is 470 g/mol. The van der Waals surface area contributed by atoms with Crippen molar-refractivity contribution in [1.29, 1.82) is 0 Å². The van der Waals surface area contributed by atoms with Crippen molar-refractivity contribution >= 4 is 11.6 Å². The van der Waals surface area contributed by atoms with Crippen LogP contribution < -0.4 is 0 Å². The summed E-state index contributed by atoms with van der Waals surface area (Å²) in [5.74, 6) is 0.0563. The van der Waals surface area contributed by atoms with E-state index in [-0.39, 0.29) is 29.2 Å². The van der Waals surface area contributed by atoms with Crippen LogP contribution in [0.5, 0.6) is 5.75 Å². The summed E-state index contributed by atoms with van der Waals surface area (Å²) < 4.78 is 1.30. The summed E-state index contributed by atoms with van der Waals surface area (Å²) in [6.07, 6.45) is 0. The van der Waals surface area contributed by atoms with Crippen LogP contribution in [0.4, 0.5) is 5.69 Å². The maximum atomic E-state index is 13.5. The third kappa shape index (κ3) is 4.71. The number of aromatic hydroxyl groups is 1. The molecule has 1 heterocycles. The van der Waals surface area contributed by atoms with E-state index in [0.717, 1.165) is 11.1 Å². The molecule has 4 aromatic rings. The van der Waals surface area contributed by atoms with Crippen LogP contribution in [0.2, 0.25) is 0 Å². The number of carbonyl (C=O) groups is 1. The van der Waals surface area contributed by atoms with E-state index in [1.165, 1.54) is 16.8 Å². The Balaban J connectivity index is 1.95. The molecule has 0 aliphatic carbocycles. The lowest BCUT2D eigenvalue weighted by Gasteiger charge is -2.17. The lowest BCUT2D eigenvalue weighted by molar-refractivity contribution is -0.384. The van der Waals surface area contributed by atoms with E-state index in [4.69, 9.17) is 0 Å². The minimum absolute atomic E-state index is 0.0300. The van der Waals surface area contributed by atoms with Crippen LogP contribution in [0.3, 0.4) is 0 Å². The Bertz CT molecular complexity index is 1390. The second-order valence-corrected chi connectivity index (χ2v) is 9.12. The van der Waals surface area contributed by atoms with Gasteiger partial charge in [0.15, 0.2) is 0 Å². The van der Waals surface area contributed by atoms with E-state index in [2.05, 4.69) is 18.9 Å². The zero-order chi connectivity index (χ0) is 25.3. The van der Waals surface area contributed by atoms with Crippen LogP contribution in [0.1, 0.15) is 61.0 Å². The molecule has 1 aromatic heterocycles. The monoisotopic (exact) mass is 469 g/mol. The molecule has 3 aromatic carbocycles. The Kier molecular flexibility index (Phi) is 6.51. The van der Waals surface area contributed by atoms with Crippen LogP contribution in [-0.2, 0) is 0 Å². The topological polar surface area (TPSA) is 98.3 Å². The highest BCUT2D eigenvalue weighted by Gasteiger charge is 2.23. The molecule has 1 N–H and O–H groups in total. The lowest BCUT2D eigenvalue weighted by Crippen LogP contribution is -2.15. The van der Waals surface area contributed by atoms with Crippen molar-refractivity contribution in [2.24, 2.45) is 0 Å². The second-order valence-electron chi connectivity index (χ2n) is 9.12. The van der Waals surface area contributed by atoms with E-state index >= 15 is 0 Å². The van der Waals surface area contributed by atoms with Gasteiger partial charge in [0, 0.05) is 28.8 Å². The van der Waals surface area contributed by atoms with Gasteiger partial charge in [0.25, 0.3) is 11.6 Å². The maximum absolute atomic E-state index is 13.5. The summed E-state index contributed by atoms with van der Waals surface area (Å²) in [7, 11) is 0. The summed E-state index contributed by atoms with van der Waals surface area (Å²) in [5.41, 5.74) is 4.33. The molecule has 0 unspecified atom stereocenters. The Labute approximate surface area is 203 Å². The van der Waals surface area contributed by atoms with E-state index < -0.39 is 4.92 Å². The van der Waals surface area contributed by atoms with Gasteiger partial charge in [-0.25, -0.2) is 0 Å². The minimum atomic E-state index is -0.463. The number of nitrogens with zero attached hydrogens (tertiary/aromatic N) is 3. The molecule has 0 atom stereocenters. The molecular weight excluding hydrogens is 442 g/mol. The largest absolute Gasteiger partial charge is 0.507 e. The second kappa shape index (κ2) is 9.54. The molecule has 0 spiro atoms. The van der Waals surface area contributed by atoms with Crippen LogP contribution >= 0.6 is 0 Å². The third-order valence-corrected chi connectivity index (χ3v) is 6.02.